The summed E-state index contributed by atoms with van der Waals surface area (Å²) in [6.45, 7) is 6.35. The van der Waals surface area contributed by atoms with Crippen molar-refractivity contribution >= 4 is 29.0 Å². The Labute approximate surface area is 157 Å². The molecule has 0 spiro atoms. The van der Waals surface area contributed by atoms with Gasteiger partial charge in [-0.3, -0.25) is 14.5 Å². The first-order valence-corrected chi connectivity index (χ1v) is 9.03. The van der Waals surface area contributed by atoms with Crippen LogP contribution in [0, 0.1) is 6.92 Å². The normalized spacial score (nSPS) is 15.6. The number of benzene rings is 2. The fourth-order valence-corrected chi connectivity index (χ4v) is 3.30. The third-order valence-corrected chi connectivity index (χ3v) is 4.80. The molecule has 0 radical (unpaired) electrons. The fraction of sp³-hybridized carbons (Fsp3) is 0.143. The maximum absolute atomic E-state index is 12.2. The van der Waals surface area contributed by atoms with Crippen LogP contribution in [0.15, 0.2) is 66.1 Å². The van der Waals surface area contributed by atoms with Crippen LogP contribution in [-0.2, 0) is 11.4 Å². The average molecular weight is 365 g/mol. The zero-order chi connectivity index (χ0) is 18.5. The van der Waals surface area contributed by atoms with Crippen molar-refractivity contribution in [2.24, 2.45) is 0 Å². The van der Waals surface area contributed by atoms with E-state index in [2.05, 4.69) is 25.6 Å². The second-order valence-corrected chi connectivity index (χ2v) is 6.92. The topological polar surface area (TPSA) is 46.6 Å². The lowest BCUT2D eigenvalue weighted by molar-refractivity contribution is -0.122. The number of thioether (sulfide) groups is 1. The highest BCUT2D eigenvalue weighted by molar-refractivity contribution is 8.18. The van der Waals surface area contributed by atoms with Gasteiger partial charge in [-0.05, 0) is 48.0 Å². The predicted molar refractivity (Wildman–Crippen MR) is 105 cm³/mol. The van der Waals surface area contributed by atoms with Crippen LogP contribution < -0.4 is 4.74 Å². The van der Waals surface area contributed by atoms with Crippen LogP contribution >= 0.6 is 11.8 Å². The van der Waals surface area contributed by atoms with Gasteiger partial charge in [-0.15, -0.1) is 6.58 Å². The van der Waals surface area contributed by atoms with E-state index in [4.69, 9.17) is 4.74 Å². The highest BCUT2D eigenvalue weighted by Gasteiger charge is 2.33. The van der Waals surface area contributed by atoms with Gasteiger partial charge in [0, 0.05) is 6.54 Å². The number of amides is 2. The van der Waals surface area contributed by atoms with Crippen molar-refractivity contribution in [1.82, 2.24) is 4.90 Å². The van der Waals surface area contributed by atoms with E-state index in [1.165, 1.54) is 10.5 Å². The van der Waals surface area contributed by atoms with E-state index < -0.39 is 0 Å². The van der Waals surface area contributed by atoms with Crippen molar-refractivity contribution in [2.45, 2.75) is 13.5 Å². The SMILES string of the molecule is C=CCN1C(=O)S/C(=C/c2ccc(OCc3ccc(C)cc3)cc2)C1=O. The lowest BCUT2D eigenvalue weighted by Gasteiger charge is -2.08. The van der Waals surface area contributed by atoms with Gasteiger partial charge in [0.15, 0.2) is 0 Å². The first-order chi connectivity index (χ1) is 12.6. The van der Waals surface area contributed by atoms with E-state index in [0.717, 1.165) is 28.6 Å². The number of imide groups is 1. The molecule has 0 aromatic heterocycles. The van der Waals surface area contributed by atoms with E-state index in [0.29, 0.717) is 11.5 Å². The molecule has 0 unspecified atom stereocenters. The van der Waals surface area contributed by atoms with Crippen LogP contribution in [0.5, 0.6) is 5.75 Å². The minimum absolute atomic E-state index is 0.230. The zero-order valence-corrected chi connectivity index (χ0v) is 15.3. The van der Waals surface area contributed by atoms with E-state index >= 15 is 0 Å². The van der Waals surface area contributed by atoms with Crippen molar-refractivity contribution in [3.63, 3.8) is 0 Å². The number of nitrogens with zero attached hydrogens (tertiary/aromatic N) is 1. The molecule has 132 valence electrons. The summed E-state index contributed by atoms with van der Waals surface area (Å²) in [6.07, 6.45) is 3.26. The Morgan fingerprint density at radius 3 is 2.42 bits per heavy atom. The van der Waals surface area contributed by atoms with Crippen LogP contribution in [0.1, 0.15) is 16.7 Å². The third-order valence-electron chi connectivity index (χ3n) is 3.89. The molecular formula is C21H19NO3S. The molecule has 1 aliphatic rings. The summed E-state index contributed by atoms with van der Waals surface area (Å²) >= 11 is 0.949. The highest BCUT2D eigenvalue weighted by atomic mass is 32.2. The van der Waals surface area contributed by atoms with Gasteiger partial charge in [-0.1, -0.05) is 48.0 Å². The zero-order valence-electron chi connectivity index (χ0n) is 14.5. The second kappa shape index (κ2) is 8.06. The Bertz CT molecular complexity index is 854. The Kier molecular flexibility index (Phi) is 5.58. The Balaban J connectivity index is 1.64. The summed E-state index contributed by atoms with van der Waals surface area (Å²) in [5.41, 5.74) is 3.17. The summed E-state index contributed by atoms with van der Waals surface area (Å²) in [5, 5.41) is -0.265. The van der Waals surface area contributed by atoms with Gasteiger partial charge in [0.2, 0.25) is 0 Å². The van der Waals surface area contributed by atoms with Crippen molar-refractivity contribution in [1.29, 1.82) is 0 Å². The number of carbonyl (C=O) groups excluding carboxylic acids is 2. The molecule has 2 amide bonds. The van der Waals surface area contributed by atoms with Crippen LogP contribution in [0.2, 0.25) is 0 Å². The third kappa shape index (κ3) is 4.24. The standard InChI is InChI=1S/C21H19NO3S/c1-3-12-22-20(23)19(26-21(22)24)13-16-8-10-18(11-9-16)25-14-17-6-4-15(2)5-7-17/h3-11,13H,1,12,14H2,2H3/b19-13+. The van der Waals surface area contributed by atoms with Crippen LogP contribution in [0.25, 0.3) is 6.08 Å². The minimum Gasteiger partial charge on any atom is -0.489 e. The molecule has 0 atom stereocenters. The number of hydrogen-bond acceptors (Lipinski definition) is 4. The number of rotatable bonds is 6. The van der Waals surface area contributed by atoms with Gasteiger partial charge >= 0.3 is 0 Å². The molecule has 1 heterocycles. The van der Waals surface area contributed by atoms with Crippen LogP contribution in [0.4, 0.5) is 4.79 Å². The van der Waals surface area contributed by atoms with Crippen molar-refractivity contribution in [3.8, 4) is 5.75 Å². The Morgan fingerprint density at radius 1 is 1.08 bits per heavy atom. The molecule has 4 nitrogen and oxygen atoms in total. The van der Waals surface area contributed by atoms with Gasteiger partial charge < -0.3 is 4.74 Å². The van der Waals surface area contributed by atoms with Crippen molar-refractivity contribution < 1.29 is 14.3 Å². The molecule has 1 fully saturated rings. The molecule has 0 N–H and O–H groups in total. The monoisotopic (exact) mass is 365 g/mol. The molecule has 3 rings (SSSR count). The highest BCUT2D eigenvalue weighted by Crippen LogP contribution is 2.32. The number of hydrogen-bond donors (Lipinski definition) is 0. The van der Waals surface area contributed by atoms with Gasteiger partial charge in [0.1, 0.15) is 12.4 Å². The largest absolute Gasteiger partial charge is 0.489 e. The summed E-state index contributed by atoms with van der Waals surface area (Å²) in [4.78, 5) is 25.6. The molecule has 0 aliphatic carbocycles. The van der Waals surface area contributed by atoms with Gasteiger partial charge in [-0.25, -0.2) is 0 Å². The lowest BCUT2D eigenvalue weighted by atomic mass is 10.1. The summed E-state index contributed by atoms with van der Waals surface area (Å²) in [7, 11) is 0. The van der Waals surface area contributed by atoms with Gasteiger partial charge in [-0.2, -0.15) is 0 Å². The number of carbonyl (C=O) groups is 2. The minimum atomic E-state index is -0.278. The lowest BCUT2D eigenvalue weighted by Crippen LogP contribution is -2.27. The second-order valence-electron chi connectivity index (χ2n) is 5.92. The molecule has 2 aromatic carbocycles. The van der Waals surface area contributed by atoms with Gasteiger partial charge in [0.05, 0.1) is 4.91 Å². The Hall–Kier alpha value is -2.79. The predicted octanol–water partition coefficient (Wildman–Crippen LogP) is 4.80. The Morgan fingerprint density at radius 2 is 1.77 bits per heavy atom. The summed E-state index contributed by atoms with van der Waals surface area (Å²) in [6, 6.07) is 15.6. The van der Waals surface area contributed by atoms with E-state index in [1.54, 1.807) is 12.2 Å². The molecular weight excluding hydrogens is 346 g/mol. The van der Waals surface area contributed by atoms with E-state index in [1.807, 2.05) is 36.4 Å². The summed E-state index contributed by atoms with van der Waals surface area (Å²) in [5.74, 6) is 0.474. The first-order valence-electron chi connectivity index (χ1n) is 8.21. The molecule has 1 saturated heterocycles. The molecule has 26 heavy (non-hydrogen) atoms. The first kappa shape index (κ1) is 18.0. The fourth-order valence-electron chi connectivity index (χ4n) is 2.45. The molecule has 0 bridgehead atoms. The van der Waals surface area contributed by atoms with Crippen LogP contribution in [0.3, 0.4) is 0 Å². The maximum atomic E-state index is 12.2. The van der Waals surface area contributed by atoms with Crippen LogP contribution in [-0.4, -0.2) is 22.6 Å². The smallest absolute Gasteiger partial charge is 0.293 e. The molecule has 1 aliphatic heterocycles. The quantitative estimate of drug-likeness (QED) is 0.545. The molecule has 5 heteroatoms. The number of ether oxygens (including phenoxy) is 1. The van der Waals surface area contributed by atoms with E-state index in [-0.39, 0.29) is 17.7 Å². The van der Waals surface area contributed by atoms with Crippen molar-refractivity contribution in [3.05, 3.63) is 82.8 Å². The maximum Gasteiger partial charge on any atom is 0.293 e. The molecule has 2 aromatic rings. The van der Waals surface area contributed by atoms with E-state index in [9.17, 15) is 9.59 Å². The van der Waals surface area contributed by atoms with Gasteiger partial charge in [0.25, 0.3) is 11.1 Å². The summed E-state index contributed by atoms with van der Waals surface area (Å²) < 4.78 is 5.78. The number of aryl methyl sites for hydroxylation is 1. The van der Waals surface area contributed by atoms with Crippen molar-refractivity contribution in [2.75, 3.05) is 6.54 Å². The average Bonchev–Trinajstić information content (AvgIpc) is 2.90. The molecule has 0 saturated carbocycles.